The Balaban J connectivity index is 1.56. The molecule has 0 aliphatic heterocycles. The maximum Gasteiger partial charge on any atom is 0.338 e. The molecule has 0 fully saturated rings. The lowest BCUT2D eigenvalue weighted by Crippen LogP contribution is -2.09. The van der Waals surface area contributed by atoms with Gasteiger partial charge in [-0.2, -0.15) is 10.1 Å². The van der Waals surface area contributed by atoms with E-state index >= 15 is 0 Å². The Bertz CT molecular complexity index is 869. The van der Waals surface area contributed by atoms with E-state index in [9.17, 15) is 4.79 Å². The van der Waals surface area contributed by atoms with Gasteiger partial charge in [-0.05, 0) is 43.2 Å². The highest BCUT2D eigenvalue weighted by molar-refractivity contribution is 5.89. The molecule has 0 saturated heterocycles. The van der Waals surface area contributed by atoms with Gasteiger partial charge >= 0.3 is 5.97 Å². The van der Waals surface area contributed by atoms with Crippen molar-refractivity contribution in [2.45, 2.75) is 13.3 Å². The van der Waals surface area contributed by atoms with Crippen molar-refractivity contribution in [3.05, 3.63) is 71.9 Å². The Kier molecular flexibility index (Phi) is 6.30. The van der Waals surface area contributed by atoms with Crippen molar-refractivity contribution in [1.29, 1.82) is 0 Å². The van der Waals surface area contributed by atoms with Crippen LogP contribution in [-0.2, 0) is 11.2 Å². The highest BCUT2D eigenvalue weighted by Gasteiger charge is 2.06. The molecule has 2 aromatic carbocycles. The average molecular weight is 363 g/mol. The zero-order valence-electron chi connectivity index (χ0n) is 15.1. The second-order valence-electron chi connectivity index (χ2n) is 5.75. The molecule has 7 heteroatoms. The number of aromatic nitrogens is 3. The number of nitrogens with one attached hydrogen (secondary N) is 2. The predicted octanol–water partition coefficient (Wildman–Crippen LogP) is 3.45. The molecule has 7 nitrogen and oxygen atoms in total. The molecule has 0 atom stereocenters. The third kappa shape index (κ3) is 5.50. The molecule has 0 amide bonds. The van der Waals surface area contributed by atoms with Gasteiger partial charge in [-0.15, -0.1) is 5.10 Å². The molecule has 0 aliphatic rings. The predicted molar refractivity (Wildman–Crippen MR) is 104 cm³/mol. The van der Waals surface area contributed by atoms with E-state index < -0.39 is 0 Å². The van der Waals surface area contributed by atoms with Gasteiger partial charge in [-0.25, -0.2) is 4.79 Å². The van der Waals surface area contributed by atoms with Crippen LogP contribution in [0, 0.1) is 0 Å². The zero-order valence-corrected chi connectivity index (χ0v) is 15.1. The number of carbonyl (C=O) groups is 1. The number of hydrogen-bond acceptors (Lipinski definition) is 7. The van der Waals surface area contributed by atoms with Crippen molar-refractivity contribution in [1.82, 2.24) is 15.2 Å². The number of ether oxygens (including phenoxy) is 1. The number of carbonyl (C=O) groups excluding carboxylic acids is 1. The van der Waals surface area contributed by atoms with Crippen LogP contribution in [0.15, 0.2) is 60.8 Å². The van der Waals surface area contributed by atoms with Gasteiger partial charge in [0, 0.05) is 12.2 Å². The minimum absolute atomic E-state index is 0.336. The van der Waals surface area contributed by atoms with Crippen LogP contribution < -0.4 is 10.6 Å². The van der Waals surface area contributed by atoms with Crippen LogP contribution in [0.4, 0.5) is 17.5 Å². The molecular formula is C20H21N5O2. The summed E-state index contributed by atoms with van der Waals surface area (Å²) in [6.45, 7) is 2.84. The molecule has 0 saturated carbocycles. The average Bonchev–Trinajstić information content (AvgIpc) is 2.70. The molecular weight excluding hydrogens is 342 g/mol. The van der Waals surface area contributed by atoms with Crippen LogP contribution in [-0.4, -0.2) is 34.3 Å². The van der Waals surface area contributed by atoms with Crippen LogP contribution in [0.5, 0.6) is 0 Å². The summed E-state index contributed by atoms with van der Waals surface area (Å²) in [5.74, 6) is 0.688. The van der Waals surface area contributed by atoms with Gasteiger partial charge in [0.15, 0.2) is 5.82 Å². The first-order valence-corrected chi connectivity index (χ1v) is 8.76. The van der Waals surface area contributed by atoms with Gasteiger partial charge in [0.2, 0.25) is 5.95 Å². The van der Waals surface area contributed by atoms with E-state index in [1.54, 1.807) is 37.4 Å². The molecule has 3 aromatic rings. The fraction of sp³-hybridized carbons (Fsp3) is 0.200. The van der Waals surface area contributed by atoms with Crippen LogP contribution in [0.25, 0.3) is 0 Å². The summed E-state index contributed by atoms with van der Waals surface area (Å²) in [5.41, 5.74) is 2.54. The topological polar surface area (TPSA) is 89.0 Å². The van der Waals surface area contributed by atoms with Gasteiger partial charge < -0.3 is 15.4 Å². The molecule has 2 N–H and O–H groups in total. The number of hydrogen-bond donors (Lipinski definition) is 2. The standard InChI is InChI=1S/C20H21N5O2/c1-2-27-19(26)16-8-10-17(11-9-16)23-18-14-22-25-20(24-18)21-13-12-15-6-4-3-5-7-15/h3-11,14H,2,12-13H2,1H3,(H2,21,23,24,25). The molecule has 1 heterocycles. The Labute approximate surface area is 157 Å². The zero-order chi connectivity index (χ0) is 18.9. The number of esters is 1. The third-order valence-electron chi connectivity index (χ3n) is 3.77. The van der Waals surface area contributed by atoms with Gasteiger partial charge in [0.25, 0.3) is 0 Å². The normalized spacial score (nSPS) is 10.3. The first-order chi connectivity index (χ1) is 13.2. The Morgan fingerprint density at radius 3 is 2.59 bits per heavy atom. The molecule has 3 rings (SSSR count). The third-order valence-corrected chi connectivity index (χ3v) is 3.77. The van der Waals surface area contributed by atoms with Crippen molar-refractivity contribution in [2.75, 3.05) is 23.8 Å². The number of rotatable bonds is 8. The monoisotopic (exact) mass is 363 g/mol. The van der Waals surface area contributed by atoms with Crippen molar-refractivity contribution < 1.29 is 9.53 Å². The Morgan fingerprint density at radius 2 is 1.85 bits per heavy atom. The second kappa shape index (κ2) is 9.28. The summed E-state index contributed by atoms with van der Waals surface area (Å²) in [7, 11) is 0. The van der Waals surface area contributed by atoms with E-state index in [2.05, 4.69) is 37.9 Å². The first kappa shape index (κ1) is 18.3. The highest BCUT2D eigenvalue weighted by Crippen LogP contribution is 2.16. The fourth-order valence-corrected chi connectivity index (χ4v) is 2.45. The smallest absolute Gasteiger partial charge is 0.338 e. The van der Waals surface area contributed by atoms with Crippen LogP contribution >= 0.6 is 0 Å². The van der Waals surface area contributed by atoms with Gasteiger partial charge in [-0.3, -0.25) is 0 Å². The minimum Gasteiger partial charge on any atom is -0.462 e. The molecule has 0 spiro atoms. The van der Waals surface area contributed by atoms with Gasteiger partial charge in [0.1, 0.15) is 0 Å². The summed E-state index contributed by atoms with van der Waals surface area (Å²) < 4.78 is 4.97. The molecule has 27 heavy (non-hydrogen) atoms. The maximum absolute atomic E-state index is 11.7. The van der Waals surface area contributed by atoms with Crippen molar-refractivity contribution in [3.63, 3.8) is 0 Å². The quantitative estimate of drug-likeness (QED) is 0.593. The summed E-state index contributed by atoms with van der Waals surface area (Å²) in [5, 5.41) is 14.3. The summed E-state index contributed by atoms with van der Waals surface area (Å²) in [6, 6.07) is 17.2. The van der Waals surface area contributed by atoms with E-state index in [-0.39, 0.29) is 5.97 Å². The largest absolute Gasteiger partial charge is 0.462 e. The minimum atomic E-state index is -0.336. The van der Waals surface area contributed by atoms with Crippen LogP contribution in [0.2, 0.25) is 0 Å². The molecule has 0 radical (unpaired) electrons. The highest BCUT2D eigenvalue weighted by atomic mass is 16.5. The van der Waals surface area contributed by atoms with Crippen molar-refractivity contribution >= 4 is 23.4 Å². The van der Waals surface area contributed by atoms with Crippen LogP contribution in [0.1, 0.15) is 22.8 Å². The fourth-order valence-electron chi connectivity index (χ4n) is 2.45. The lowest BCUT2D eigenvalue weighted by molar-refractivity contribution is 0.0526. The second-order valence-corrected chi connectivity index (χ2v) is 5.75. The lowest BCUT2D eigenvalue weighted by Gasteiger charge is -2.08. The van der Waals surface area contributed by atoms with E-state index in [0.29, 0.717) is 30.5 Å². The lowest BCUT2D eigenvalue weighted by atomic mass is 10.1. The molecule has 138 valence electrons. The van der Waals surface area contributed by atoms with Crippen LogP contribution in [0.3, 0.4) is 0 Å². The van der Waals surface area contributed by atoms with E-state index in [1.165, 1.54) is 5.56 Å². The first-order valence-electron chi connectivity index (χ1n) is 8.76. The molecule has 0 unspecified atom stereocenters. The SMILES string of the molecule is CCOC(=O)c1ccc(Nc2cnnc(NCCc3ccccc3)n2)cc1. The number of anilines is 3. The Morgan fingerprint density at radius 1 is 1.07 bits per heavy atom. The van der Waals surface area contributed by atoms with Crippen molar-refractivity contribution in [2.24, 2.45) is 0 Å². The van der Waals surface area contributed by atoms with E-state index in [1.807, 2.05) is 18.2 Å². The van der Waals surface area contributed by atoms with Gasteiger partial charge in [-0.1, -0.05) is 30.3 Å². The maximum atomic E-state index is 11.7. The molecule has 0 aliphatic carbocycles. The number of nitrogens with zero attached hydrogens (tertiary/aromatic N) is 3. The van der Waals surface area contributed by atoms with Gasteiger partial charge in [0.05, 0.1) is 18.4 Å². The van der Waals surface area contributed by atoms with E-state index in [4.69, 9.17) is 4.74 Å². The number of benzene rings is 2. The Hall–Kier alpha value is -3.48. The summed E-state index contributed by atoms with van der Waals surface area (Å²) in [4.78, 5) is 16.1. The van der Waals surface area contributed by atoms with Crippen molar-refractivity contribution in [3.8, 4) is 0 Å². The molecule has 0 bridgehead atoms. The summed E-state index contributed by atoms with van der Waals surface area (Å²) >= 11 is 0. The molecule has 1 aromatic heterocycles. The van der Waals surface area contributed by atoms with E-state index in [0.717, 1.165) is 12.1 Å². The summed E-state index contributed by atoms with van der Waals surface area (Å²) in [6.07, 6.45) is 2.42.